The van der Waals surface area contributed by atoms with Gasteiger partial charge in [0, 0.05) is 30.6 Å². The second-order valence-electron chi connectivity index (χ2n) is 8.52. The van der Waals surface area contributed by atoms with Gasteiger partial charge in [0.15, 0.2) is 0 Å². The number of nitrogens with zero attached hydrogens (tertiary/aromatic N) is 1. The van der Waals surface area contributed by atoms with Crippen LogP contribution in [0, 0.1) is 11.3 Å². The molecule has 1 aliphatic carbocycles. The van der Waals surface area contributed by atoms with Crippen LogP contribution in [0.1, 0.15) is 19.3 Å². The number of anilines is 1. The molecule has 0 spiro atoms. The standard InChI is InChI=1S/C25H28N2O4/c1-2-25-15-20(14-19(25)16-27(17-25)13-12-23(28)29)31-24(30)26-22-11-7-6-10-21(22)18-8-4-3-5-9-18/h2-11,19-20H,1,12-17H2,(H,26,30)(H,28,29)/t19?,20-,25?/m0/s1. The molecule has 0 aromatic heterocycles. The molecule has 0 radical (unpaired) electrons. The number of nitrogens with one attached hydrogen (secondary N) is 1. The summed E-state index contributed by atoms with van der Waals surface area (Å²) in [4.78, 5) is 25.7. The van der Waals surface area contributed by atoms with Crippen molar-refractivity contribution in [2.45, 2.75) is 25.4 Å². The Balaban J connectivity index is 1.37. The van der Waals surface area contributed by atoms with E-state index in [1.807, 2.05) is 60.7 Å². The summed E-state index contributed by atoms with van der Waals surface area (Å²) in [6, 6.07) is 17.6. The summed E-state index contributed by atoms with van der Waals surface area (Å²) in [5, 5.41) is 11.9. The van der Waals surface area contributed by atoms with Gasteiger partial charge in [-0.25, -0.2) is 4.79 Å². The Bertz CT molecular complexity index is 961. The van der Waals surface area contributed by atoms with Crippen molar-refractivity contribution in [1.29, 1.82) is 0 Å². The van der Waals surface area contributed by atoms with E-state index in [9.17, 15) is 9.59 Å². The van der Waals surface area contributed by atoms with Crippen molar-refractivity contribution in [2.75, 3.05) is 25.0 Å². The SMILES string of the molecule is C=CC12C[C@@H](OC(=O)Nc3ccccc3-c3ccccc3)CC1CN(CCC(=O)O)C2. The maximum absolute atomic E-state index is 12.7. The molecule has 6 heteroatoms. The second-order valence-corrected chi connectivity index (χ2v) is 8.52. The monoisotopic (exact) mass is 420 g/mol. The van der Waals surface area contributed by atoms with Crippen LogP contribution in [-0.2, 0) is 9.53 Å². The van der Waals surface area contributed by atoms with Crippen LogP contribution in [0.5, 0.6) is 0 Å². The smallest absolute Gasteiger partial charge is 0.411 e. The van der Waals surface area contributed by atoms with E-state index in [2.05, 4.69) is 16.8 Å². The Morgan fingerprint density at radius 1 is 1.19 bits per heavy atom. The lowest BCUT2D eigenvalue weighted by Gasteiger charge is -2.25. The van der Waals surface area contributed by atoms with Crippen LogP contribution in [0.3, 0.4) is 0 Å². The third-order valence-corrected chi connectivity index (χ3v) is 6.54. The zero-order valence-electron chi connectivity index (χ0n) is 17.5. The summed E-state index contributed by atoms with van der Waals surface area (Å²) in [6.07, 6.45) is 2.99. The molecule has 4 rings (SSSR count). The maximum atomic E-state index is 12.7. The van der Waals surface area contributed by atoms with Crippen molar-refractivity contribution < 1.29 is 19.4 Å². The fraction of sp³-hybridized carbons (Fsp3) is 0.360. The van der Waals surface area contributed by atoms with Crippen molar-refractivity contribution in [1.82, 2.24) is 4.90 Å². The van der Waals surface area contributed by atoms with E-state index < -0.39 is 12.1 Å². The zero-order chi connectivity index (χ0) is 21.8. The Morgan fingerprint density at radius 2 is 1.94 bits per heavy atom. The summed E-state index contributed by atoms with van der Waals surface area (Å²) < 4.78 is 5.79. The van der Waals surface area contributed by atoms with Crippen LogP contribution in [0.15, 0.2) is 67.3 Å². The summed E-state index contributed by atoms with van der Waals surface area (Å²) in [5.41, 5.74) is 2.57. The molecule has 2 aliphatic rings. The van der Waals surface area contributed by atoms with Crippen molar-refractivity contribution in [3.8, 4) is 11.1 Å². The number of para-hydroxylation sites is 1. The lowest BCUT2D eigenvalue weighted by Crippen LogP contribution is -2.30. The number of hydrogen-bond acceptors (Lipinski definition) is 4. The first-order valence-electron chi connectivity index (χ1n) is 10.7. The van der Waals surface area contributed by atoms with E-state index in [-0.39, 0.29) is 17.9 Å². The topological polar surface area (TPSA) is 78.9 Å². The molecule has 31 heavy (non-hydrogen) atoms. The Kier molecular flexibility index (Phi) is 6.09. The normalized spacial score (nSPS) is 25.0. The van der Waals surface area contributed by atoms with E-state index >= 15 is 0 Å². The molecule has 1 aliphatic heterocycles. The fourth-order valence-corrected chi connectivity index (χ4v) is 5.05. The summed E-state index contributed by atoms with van der Waals surface area (Å²) in [5.74, 6) is -0.452. The molecule has 1 saturated carbocycles. The molecule has 6 nitrogen and oxygen atoms in total. The van der Waals surface area contributed by atoms with Gasteiger partial charge < -0.3 is 14.7 Å². The number of benzene rings is 2. The number of hydrogen-bond donors (Lipinski definition) is 2. The minimum atomic E-state index is -0.779. The van der Waals surface area contributed by atoms with E-state index in [4.69, 9.17) is 9.84 Å². The minimum absolute atomic E-state index is 0.120. The van der Waals surface area contributed by atoms with Gasteiger partial charge in [0.25, 0.3) is 0 Å². The highest BCUT2D eigenvalue weighted by Gasteiger charge is 2.52. The van der Waals surface area contributed by atoms with Gasteiger partial charge in [-0.05, 0) is 30.4 Å². The van der Waals surface area contributed by atoms with Crippen molar-refractivity contribution in [3.05, 3.63) is 67.3 Å². The Labute approximate surface area is 182 Å². The molecular formula is C25H28N2O4. The van der Waals surface area contributed by atoms with Gasteiger partial charge in [-0.3, -0.25) is 10.1 Å². The third kappa shape index (κ3) is 4.64. The average molecular weight is 421 g/mol. The Morgan fingerprint density at radius 3 is 2.65 bits per heavy atom. The lowest BCUT2D eigenvalue weighted by atomic mass is 9.81. The second kappa shape index (κ2) is 8.94. The first kappa shape index (κ1) is 21.1. The van der Waals surface area contributed by atoms with Crippen LogP contribution in [0.4, 0.5) is 10.5 Å². The van der Waals surface area contributed by atoms with Crippen molar-refractivity contribution in [3.63, 3.8) is 0 Å². The molecule has 2 aromatic rings. The van der Waals surface area contributed by atoms with Crippen molar-refractivity contribution in [2.24, 2.45) is 11.3 Å². The van der Waals surface area contributed by atoms with Crippen LogP contribution in [0.2, 0.25) is 0 Å². The minimum Gasteiger partial charge on any atom is -0.481 e. The number of amides is 1. The molecule has 2 aromatic carbocycles. The largest absolute Gasteiger partial charge is 0.481 e. The lowest BCUT2D eigenvalue weighted by molar-refractivity contribution is -0.137. The number of ether oxygens (including phenoxy) is 1. The first-order valence-corrected chi connectivity index (χ1v) is 10.7. The zero-order valence-corrected chi connectivity index (χ0v) is 17.5. The molecule has 1 saturated heterocycles. The molecule has 162 valence electrons. The van der Waals surface area contributed by atoms with Crippen LogP contribution >= 0.6 is 0 Å². The number of likely N-dealkylation sites (tertiary alicyclic amines) is 1. The van der Waals surface area contributed by atoms with E-state index in [0.29, 0.717) is 12.5 Å². The summed E-state index contributed by atoms with van der Waals surface area (Å²) in [7, 11) is 0. The maximum Gasteiger partial charge on any atom is 0.411 e. The number of carboxylic acid groups (broad SMARTS) is 1. The van der Waals surface area contributed by atoms with E-state index in [1.54, 1.807) is 0 Å². The molecule has 3 atom stereocenters. The van der Waals surface area contributed by atoms with Gasteiger partial charge >= 0.3 is 12.1 Å². The molecule has 2 unspecified atom stereocenters. The molecule has 1 heterocycles. The van der Waals surface area contributed by atoms with Gasteiger partial charge in [-0.1, -0.05) is 54.6 Å². The van der Waals surface area contributed by atoms with Crippen LogP contribution in [0.25, 0.3) is 11.1 Å². The van der Waals surface area contributed by atoms with Crippen LogP contribution < -0.4 is 5.32 Å². The Hall–Kier alpha value is -3.12. The number of rotatable bonds is 7. The number of carbonyl (C=O) groups is 2. The average Bonchev–Trinajstić information content (AvgIpc) is 3.26. The highest BCUT2D eigenvalue weighted by molar-refractivity contribution is 5.91. The molecular weight excluding hydrogens is 392 g/mol. The van der Waals surface area contributed by atoms with E-state index in [0.717, 1.165) is 42.7 Å². The number of carbonyl (C=O) groups excluding carboxylic acids is 1. The van der Waals surface area contributed by atoms with Gasteiger partial charge in [0.1, 0.15) is 6.10 Å². The molecule has 2 N–H and O–H groups in total. The molecule has 2 fully saturated rings. The predicted molar refractivity (Wildman–Crippen MR) is 120 cm³/mol. The van der Waals surface area contributed by atoms with Gasteiger partial charge in [0.2, 0.25) is 0 Å². The third-order valence-electron chi connectivity index (χ3n) is 6.54. The molecule has 0 bridgehead atoms. The molecule has 1 amide bonds. The van der Waals surface area contributed by atoms with Crippen LogP contribution in [-0.4, -0.2) is 47.8 Å². The van der Waals surface area contributed by atoms with Crippen molar-refractivity contribution >= 4 is 17.7 Å². The van der Waals surface area contributed by atoms with Gasteiger partial charge in [-0.15, -0.1) is 6.58 Å². The van der Waals surface area contributed by atoms with Gasteiger partial charge in [-0.2, -0.15) is 0 Å². The highest BCUT2D eigenvalue weighted by Crippen LogP contribution is 2.50. The van der Waals surface area contributed by atoms with E-state index in [1.165, 1.54) is 0 Å². The predicted octanol–water partition coefficient (Wildman–Crippen LogP) is 4.64. The first-order chi connectivity index (χ1) is 15.0. The summed E-state index contributed by atoms with van der Waals surface area (Å²) >= 11 is 0. The fourth-order valence-electron chi connectivity index (χ4n) is 5.05. The highest BCUT2D eigenvalue weighted by atomic mass is 16.6. The number of fused-ring (bicyclic) bond motifs is 1. The number of carboxylic acids is 1. The van der Waals surface area contributed by atoms with Gasteiger partial charge in [0.05, 0.1) is 12.1 Å². The summed E-state index contributed by atoms with van der Waals surface area (Å²) in [6.45, 7) is 6.17. The number of aliphatic carboxylic acids is 1. The quantitative estimate of drug-likeness (QED) is 0.638.